The van der Waals surface area contributed by atoms with Crippen molar-refractivity contribution >= 4 is 11.0 Å². The normalized spacial score (nSPS) is 11.0. The molecule has 0 unspecified atom stereocenters. The van der Waals surface area contributed by atoms with Gasteiger partial charge in [-0.3, -0.25) is 4.79 Å². The van der Waals surface area contributed by atoms with Gasteiger partial charge in [-0.25, -0.2) is 4.39 Å². The fourth-order valence-electron chi connectivity index (χ4n) is 2.18. The molecular formula is C15H9FO7. The number of aromatic hydroxyl groups is 5. The summed E-state index contributed by atoms with van der Waals surface area (Å²) in [6.07, 6.45) is 0.895. The van der Waals surface area contributed by atoms with E-state index in [0.29, 0.717) is 0 Å². The first-order valence-corrected chi connectivity index (χ1v) is 6.23. The van der Waals surface area contributed by atoms with E-state index in [9.17, 15) is 29.6 Å². The van der Waals surface area contributed by atoms with Crippen LogP contribution in [-0.2, 0) is 0 Å². The van der Waals surface area contributed by atoms with Crippen molar-refractivity contribution in [1.82, 2.24) is 0 Å². The van der Waals surface area contributed by atoms with Crippen LogP contribution < -0.4 is 5.43 Å². The number of benzene rings is 2. The fourth-order valence-corrected chi connectivity index (χ4v) is 2.18. The van der Waals surface area contributed by atoms with Gasteiger partial charge in [0.1, 0.15) is 11.6 Å². The summed E-state index contributed by atoms with van der Waals surface area (Å²) in [5.74, 6) is -5.61. The number of hydrogen-bond donors (Lipinski definition) is 5. The van der Waals surface area contributed by atoms with Crippen LogP contribution in [-0.4, -0.2) is 25.5 Å². The van der Waals surface area contributed by atoms with Gasteiger partial charge in [0, 0.05) is 0 Å². The Balaban J connectivity index is 2.40. The molecule has 118 valence electrons. The minimum absolute atomic E-state index is 0.0439. The molecule has 0 aliphatic carbocycles. The van der Waals surface area contributed by atoms with Crippen LogP contribution in [0, 0.1) is 5.82 Å². The Morgan fingerprint density at radius 1 is 0.913 bits per heavy atom. The van der Waals surface area contributed by atoms with Crippen LogP contribution in [0.2, 0.25) is 0 Å². The number of rotatable bonds is 1. The van der Waals surface area contributed by atoms with Gasteiger partial charge in [-0.1, -0.05) is 6.07 Å². The summed E-state index contributed by atoms with van der Waals surface area (Å²) in [5.41, 5.74) is -1.55. The van der Waals surface area contributed by atoms with E-state index in [0.717, 1.165) is 18.4 Å². The molecule has 0 bridgehead atoms. The molecule has 1 heterocycles. The Morgan fingerprint density at radius 2 is 1.57 bits per heavy atom. The molecule has 0 aliphatic rings. The molecule has 1 aromatic heterocycles. The van der Waals surface area contributed by atoms with E-state index in [2.05, 4.69) is 0 Å². The maximum absolute atomic E-state index is 13.4. The molecule has 3 aromatic rings. The molecule has 5 N–H and O–H groups in total. The lowest BCUT2D eigenvalue weighted by atomic mass is 10.0. The van der Waals surface area contributed by atoms with Gasteiger partial charge in [-0.2, -0.15) is 0 Å². The number of hydrogen-bond acceptors (Lipinski definition) is 7. The summed E-state index contributed by atoms with van der Waals surface area (Å²) >= 11 is 0. The maximum Gasteiger partial charge on any atom is 0.208 e. The van der Waals surface area contributed by atoms with E-state index in [-0.39, 0.29) is 11.1 Å². The molecule has 8 heteroatoms. The number of fused-ring (bicyclic) bond motifs is 1. The highest BCUT2D eigenvalue weighted by atomic mass is 19.1. The fraction of sp³-hybridized carbons (Fsp3) is 0. The van der Waals surface area contributed by atoms with Crippen LogP contribution in [0.5, 0.6) is 28.7 Å². The van der Waals surface area contributed by atoms with Crippen molar-refractivity contribution in [1.29, 1.82) is 0 Å². The Bertz CT molecular complexity index is 1010. The highest BCUT2D eigenvalue weighted by Crippen LogP contribution is 2.47. The zero-order valence-electron chi connectivity index (χ0n) is 11.2. The molecule has 0 saturated heterocycles. The second-order valence-corrected chi connectivity index (χ2v) is 4.74. The van der Waals surface area contributed by atoms with Gasteiger partial charge < -0.3 is 29.9 Å². The van der Waals surface area contributed by atoms with E-state index < -0.39 is 51.0 Å². The van der Waals surface area contributed by atoms with E-state index in [1.165, 1.54) is 6.07 Å². The Labute approximate surface area is 126 Å². The van der Waals surface area contributed by atoms with Crippen LogP contribution in [0.1, 0.15) is 0 Å². The average Bonchev–Trinajstić information content (AvgIpc) is 2.53. The lowest BCUT2D eigenvalue weighted by Gasteiger charge is -2.09. The van der Waals surface area contributed by atoms with Crippen LogP contribution in [0.25, 0.3) is 22.1 Å². The van der Waals surface area contributed by atoms with Crippen molar-refractivity contribution in [2.75, 3.05) is 0 Å². The van der Waals surface area contributed by atoms with E-state index in [4.69, 9.17) is 9.52 Å². The summed E-state index contributed by atoms with van der Waals surface area (Å²) < 4.78 is 18.5. The molecule has 2 aromatic carbocycles. The lowest BCUT2D eigenvalue weighted by Crippen LogP contribution is -2.05. The van der Waals surface area contributed by atoms with Crippen molar-refractivity contribution in [2.24, 2.45) is 0 Å². The van der Waals surface area contributed by atoms with E-state index >= 15 is 0 Å². The minimum Gasteiger partial charge on any atom is -0.505 e. The molecule has 23 heavy (non-hydrogen) atoms. The van der Waals surface area contributed by atoms with Crippen molar-refractivity contribution in [2.45, 2.75) is 0 Å². The average molecular weight is 320 g/mol. The first-order valence-electron chi connectivity index (χ1n) is 6.23. The van der Waals surface area contributed by atoms with E-state index in [1.807, 2.05) is 0 Å². The largest absolute Gasteiger partial charge is 0.505 e. The molecule has 0 aliphatic heterocycles. The van der Waals surface area contributed by atoms with E-state index in [1.54, 1.807) is 0 Å². The van der Waals surface area contributed by atoms with Crippen LogP contribution in [0.4, 0.5) is 4.39 Å². The Kier molecular flexibility index (Phi) is 3.03. The van der Waals surface area contributed by atoms with Gasteiger partial charge in [-0.15, -0.1) is 0 Å². The summed E-state index contributed by atoms with van der Waals surface area (Å²) in [6.45, 7) is 0. The van der Waals surface area contributed by atoms with Crippen molar-refractivity contribution in [3.8, 4) is 39.9 Å². The highest BCUT2D eigenvalue weighted by molar-refractivity contribution is 5.95. The lowest BCUT2D eigenvalue weighted by molar-refractivity contribution is 0.346. The Hall–Kier alpha value is -3.42. The molecule has 0 atom stereocenters. The predicted molar refractivity (Wildman–Crippen MR) is 76.2 cm³/mol. The Morgan fingerprint density at radius 3 is 2.22 bits per heavy atom. The predicted octanol–water partition coefficient (Wildman–Crippen LogP) is 2.13. The molecule has 0 spiro atoms. The summed E-state index contributed by atoms with van der Waals surface area (Å²) in [6, 6.07) is 3.15. The zero-order valence-corrected chi connectivity index (χ0v) is 11.2. The SMILES string of the molecule is O=c1c(-c2ccc(O)c(F)c2)coc2c(O)c(O)c(O)c(O)c12. The smallest absolute Gasteiger partial charge is 0.208 e. The molecule has 0 amide bonds. The van der Waals surface area contributed by atoms with Gasteiger partial charge in [0.2, 0.25) is 22.7 Å². The topological polar surface area (TPSA) is 131 Å². The van der Waals surface area contributed by atoms with Crippen LogP contribution in [0.15, 0.2) is 33.7 Å². The summed E-state index contributed by atoms with van der Waals surface area (Å²) in [5, 5.41) is 47.0. The van der Waals surface area contributed by atoms with Gasteiger partial charge in [0.15, 0.2) is 22.9 Å². The third-order valence-electron chi connectivity index (χ3n) is 3.38. The summed E-state index contributed by atoms with van der Waals surface area (Å²) in [4.78, 5) is 12.5. The van der Waals surface area contributed by atoms with Gasteiger partial charge in [-0.05, 0) is 17.7 Å². The van der Waals surface area contributed by atoms with Gasteiger partial charge >= 0.3 is 0 Å². The molecule has 7 nitrogen and oxygen atoms in total. The number of halogens is 1. The van der Waals surface area contributed by atoms with Crippen LogP contribution >= 0.6 is 0 Å². The standard InChI is InChI=1S/C15H9FO7/c16-7-3-5(1-2-8(7)17)6-4-23-15-9(10(6)18)11(19)12(20)13(21)14(15)22/h1-4,17,19-22H. The molecule has 0 fully saturated rings. The third-order valence-corrected chi connectivity index (χ3v) is 3.38. The minimum atomic E-state index is -1.09. The van der Waals surface area contributed by atoms with Gasteiger partial charge in [0.05, 0.1) is 5.56 Å². The second kappa shape index (κ2) is 4.80. The highest BCUT2D eigenvalue weighted by Gasteiger charge is 2.23. The molecule has 0 saturated carbocycles. The second-order valence-electron chi connectivity index (χ2n) is 4.74. The molecular weight excluding hydrogens is 311 g/mol. The maximum atomic E-state index is 13.4. The van der Waals surface area contributed by atoms with Crippen molar-refractivity contribution in [3.05, 3.63) is 40.5 Å². The molecule has 0 radical (unpaired) electrons. The molecule has 3 rings (SSSR count). The first-order chi connectivity index (χ1) is 10.8. The monoisotopic (exact) mass is 320 g/mol. The van der Waals surface area contributed by atoms with Crippen molar-refractivity contribution < 1.29 is 34.3 Å². The number of phenolic OH excluding ortho intramolecular Hbond substituents is 5. The number of phenols is 5. The van der Waals surface area contributed by atoms with Gasteiger partial charge in [0.25, 0.3) is 0 Å². The zero-order chi connectivity index (χ0) is 16.9. The van der Waals surface area contributed by atoms with Crippen LogP contribution in [0.3, 0.4) is 0 Å². The third kappa shape index (κ3) is 2.00. The quantitative estimate of drug-likeness (QED) is 0.343. The summed E-state index contributed by atoms with van der Waals surface area (Å²) in [7, 11) is 0. The van der Waals surface area contributed by atoms with Crippen molar-refractivity contribution in [3.63, 3.8) is 0 Å². The first kappa shape index (κ1) is 14.5.